The molecule has 0 aromatic carbocycles. The van der Waals surface area contributed by atoms with Crippen LogP contribution in [0.3, 0.4) is 0 Å². The van der Waals surface area contributed by atoms with Crippen LogP contribution in [-0.2, 0) is 4.74 Å². The first kappa shape index (κ1) is 13.6. The maximum Gasteiger partial charge on any atom is 0.455 e. The van der Waals surface area contributed by atoms with Crippen molar-refractivity contribution < 1.29 is 26.7 Å². The van der Waals surface area contributed by atoms with Gasteiger partial charge in [0.15, 0.2) is 0 Å². The summed E-state index contributed by atoms with van der Waals surface area (Å²) >= 11 is 0. The number of alkyl halides is 5. The van der Waals surface area contributed by atoms with Crippen LogP contribution in [0.1, 0.15) is 19.8 Å². The molecule has 0 aromatic heterocycles. The second-order valence-electron chi connectivity index (χ2n) is 4.19. The second kappa shape index (κ2) is 4.44. The van der Waals surface area contributed by atoms with E-state index in [9.17, 15) is 22.0 Å². The Balaban J connectivity index is 2.50. The molecule has 16 heavy (non-hydrogen) atoms. The Hall–Kier alpha value is -0.430. The average Bonchev–Trinajstić information content (AvgIpc) is 2.15. The van der Waals surface area contributed by atoms with Gasteiger partial charge in [-0.05, 0) is 32.9 Å². The highest BCUT2D eigenvalue weighted by Crippen LogP contribution is 2.37. The second-order valence-corrected chi connectivity index (χ2v) is 4.19. The van der Waals surface area contributed by atoms with E-state index in [0.29, 0.717) is 25.9 Å². The standard InChI is InChI=1S/C9H14F5NO/c1-7(2-4-15-5-3-7)16-6-8(10,11)9(12,13)14/h15H,2-6H2,1H3. The van der Waals surface area contributed by atoms with E-state index in [0.717, 1.165) is 0 Å². The summed E-state index contributed by atoms with van der Waals surface area (Å²) in [7, 11) is 0. The number of hydrogen-bond donors (Lipinski definition) is 1. The normalized spacial score (nSPS) is 22.1. The molecule has 0 atom stereocenters. The summed E-state index contributed by atoms with van der Waals surface area (Å²) in [5, 5.41) is 2.98. The van der Waals surface area contributed by atoms with Gasteiger partial charge in [-0.3, -0.25) is 0 Å². The molecular weight excluding hydrogens is 233 g/mol. The van der Waals surface area contributed by atoms with Crippen molar-refractivity contribution >= 4 is 0 Å². The molecule has 0 unspecified atom stereocenters. The van der Waals surface area contributed by atoms with Gasteiger partial charge in [0.1, 0.15) is 6.61 Å². The maximum absolute atomic E-state index is 12.6. The maximum atomic E-state index is 12.6. The zero-order valence-corrected chi connectivity index (χ0v) is 8.83. The highest BCUT2D eigenvalue weighted by atomic mass is 19.4. The largest absolute Gasteiger partial charge is 0.455 e. The van der Waals surface area contributed by atoms with Crippen molar-refractivity contribution in [2.45, 2.75) is 37.5 Å². The first-order chi connectivity index (χ1) is 7.16. The van der Waals surface area contributed by atoms with Crippen LogP contribution in [0.4, 0.5) is 22.0 Å². The number of piperidine rings is 1. The van der Waals surface area contributed by atoms with Gasteiger partial charge in [0.2, 0.25) is 0 Å². The first-order valence-electron chi connectivity index (χ1n) is 4.96. The van der Waals surface area contributed by atoms with Crippen LogP contribution in [0.15, 0.2) is 0 Å². The zero-order chi connectivity index (χ0) is 12.4. The number of rotatable bonds is 3. The fourth-order valence-electron chi connectivity index (χ4n) is 1.45. The van der Waals surface area contributed by atoms with Gasteiger partial charge >= 0.3 is 12.1 Å². The smallest absolute Gasteiger partial charge is 0.369 e. The molecule has 96 valence electrons. The highest BCUT2D eigenvalue weighted by Gasteiger charge is 2.58. The number of nitrogens with one attached hydrogen (secondary N) is 1. The molecule has 1 rings (SSSR count). The van der Waals surface area contributed by atoms with Gasteiger partial charge in [0.25, 0.3) is 0 Å². The summed E-state index contributed by atoms with van der Waals surface area (Å²) < 4.78 is 65.5. The van der Waals surface area contributed by atoms with Gasteiger partial charge in [0.05, 0.1) is 5.60 Å². The van der Waals surface area contributed by atoms with E-state index in [1.807, 2.05) is 0 Å². The Kier molecular flexibility index (Phi) is 3.79. The minimum atomic E-state index is -5.55. The summed E-state index contributed by atoms with van der Waals surface area (Å²) in [6, 6.07) is 0. The summed E-state index contributed by atoms with van der Waals surface area (Å²) in [4.78, 5) is 0. The minimum Gasteiger partial charge on any atom is -0.369 e. The van der Waals surface area contributed by atoms with Gasteiger partial charge < -0.3 is 10.1 Å². The molecule has 0 spiro atoms. The van der Waals surface area contributed by atoms with Crippen molar-refractivity contribution in [3.8, 4) is 0 Å². The quantitative estimate of drug-likeness (QED) is 0.773. The summed E-state index contributed by atoms with van der Waals surface area (Å²) in [6.07, 6.45) is -4.68. The Morgan fingerprint density at radius 3 is 2.06 bits per heavy atom. The molecule has 1 heterocycles. The lowest BCUT2D eigenvalue weighted by Crippen LogP contribution is -2.47. The third-order valence-electron chi connectivity index (χ3n) is 2.68. The van der Waals surface area contributed by atoms with Crippen LogP contribution in [0.5, 0.6) is 0 Å². The van der Waals surface area contributed by atoms with Gasteiger partial charge in [-0.1, -0.05) is 0 Å². The Morgan fingerprint density at radius 1 is 1.12 bits per heavy atom. The van der Waals surface area contributed by atoms with Crippen molar-refractivity contribution in [3.63, 3.8) is 0 Å². The third kappa shape index (κ3) is 3.28. The van der Waals surface area contributed by atoms with Crippen LogP contribution < -0.4 is 5.32 Å². The lowest BCUT2D eigenvalue weighted by molar-refractivity contribution is -0.305. The zero-order valence-electron chi connectivity index (χ0n) is 8.83. The molecule has 1 fully saturated rings. The van der Waals surface area contributed by atoms with Crippen molar-refractivity contribution in [2.24, 2.45) is 0 Å². The lowest BCUT2D eigenvalue weighted by atomic mass is 9.94. The molecule has 7 heteroatoms. The number of halogens is 5. The molecule has 0 aliphatic carbocycles. The lowest BCUT2D eigenvalue weighted by Gasteiger charge is -2.35. The molecular formula is C9H14F5NO. The van der Waals surface area contributed by atoms with Crippen LogP contribution in [0.2, 0.25) is 0 Å². The number of ether oxygens (including phenoxy) is 1. The minimum absolute atomic E-state index is 0.431. The van der Waals surface area contributed by atoms with Gasteiger partial charge in [-0.15, -0.1) is 0 Å². The van der Waals surface area contributed by atoms with Crippen LogP contribution in [0, 0.1) is 0 Å². The molecule has 0 bridgehead atoms. The SMILES string of the molecule is CC1(OCC(F)(F)C(F)(F)F)CCNCC1. The van der Waals surface area contributed by atoms with E-state index in [1.165, 1.54) is 0 Å². The predicted molar refractivity (Wildman–Crippen MR) is 47.5 cm³/mol. The molecule has 0 radical (unpaired) electrons. The van der Waals surface area contributed by atoms with Crippen molar-refractivity contribution in [3.05, 3.63) is 0 Å². The molecule has 1 saturated heterocycles. The summed E-state index contributed by atoms with van der Waals surface area (Å²) in [6.45, 7) is 1.08. The van der Waals surface area contributed by atoms with Crippen molar-refractivity contribution in [1.82, 2.24) is 5.32 Å². The first-order valence-corrected chi connectivity index (χ1v) is 4.96. The van der Waals surface area contributed by atoms with Crippen LogP contribution in [-0.4, -0.2) is 37.4 Å². The van der Waals surface area contributed by atoms with Crippen LogP contribution in [0.25, 0.3) is 0 Å². The van der Waals surface area contributed by atoms with E-state index in [1.54, 1.807) is 6.92 Å². The molecule has 0 amide bonds. The van der Waals surface area contributed by atoms with E-state index in [4.69, 9.17) is 4.74 Å². The van der Waals surface area contributed by atoms with E-state index >= 15 is 0 Å². The molecule has 0 aromatic rings. The average molecular weight is 247 g/mol. The molecule has 1 aliphatic heterocycles. The van der Waals surface area contributed by atoms with E-state index < -0.39 is 24.3 Å². The monoisotopic (exact) mass is 247 g/mol. The highest BCUT2D eigenvalue weighted by molar-refractivity contribution is 4.84. The van der Waals surface area contributed by atoms with E-state index in [-0.39, 0.29) is 0 Å². The topological polar surface area (TPSA) is 21.3 Å². The third-order valence-corrected chi connectivity index (χ3v) is 2.68. The molecule has 1 aliphatic rings. The summed E-state index contributed by atoms with van der Waals surface area (Å²) in [5.74, 6) is -4.78. The van der Waals surface area contributed by atoms with Gasteiger partial charge in [-0.2, -0.15) is 22.0 Å². The Labute approximate surface area is 90.1 Å². The van der Waals surface area contributed by atoms with E-state index in [2.05, 4.69) is 5.32 Å². The van der Waals surface area contributed by atoms with Crippen molar-refractivity contribution in [1.29, 1.82) is 0 Å². The van der Waals surface area contributed by atoms with Gasteiger partial charge in [-0.25, -0.2) is 0 Å². The number of hydrogen-bond acceptors (Lipinski definition) is 2. The van der Waals surface area contributed by atoms with Gasteiger partial charge in [0, 0.05) is 0 Å². The molecule has 0 saturated carbocycles. The van der Waals surface area contributed by atoms with Crippen molar-refractivity contribution in [2.75, 3.05) is 19.7 Å². The fourth-order valence-corrected chi connectivity index (χ4v) is 1.45. The Bertz CT molecular complexity index is 235. The summed E-state index contributed by atoms with van der Waals surface area (Å²) in [5.41, 5.74) is -0.889. The molecule has 2 nitrogen and oxygen atoms in total. The predicted octanol–water partition coefficient (Wildman–Crippen LogP) is 2.34. The molecule has 1 N–H and O–H groups in total. The van der Waals surface area contributed by atoms with Crippen LogP contribution >= 0.6 is 0 Å². The fraction of sp³-hybridized carbons (Fsp3) is 1.00. The Morgan fingerprint density at radius 2 is 1.62 bits per heavy atom.